The summed E-state index contributed by atoms with van der Waals surface area (Å²) in [5.41, 5.74) is -0.0930. The van der Waals surface area contributed by atoms with Gasteiger partial charge in [-0.2, -0.15) is 0 Å². The van der Waals surface area contributed by atoms with E-state index in [1.165, 1.54) is 18.3 Å². The molecule has 2 aromatic heterocycles. The Labute approximate surface area is 155 Å². The number of carbonyl (C=O) groups is 1. The molecule has 3 fully saturated rings. The third kappa shape index (κ3) is 3.18. The maximum absolute atomic E-state index is 13.7. The van der Waals surface area contributed by atoms with Crippen molar-refractivity contribution in [2.24, 2.45) is 0 Å². The van der Waals surface area contributed by atoms with Crippen LogP contribution in [0.15, 0.2) is 28.9 Å². The summed E-state index contributed by atoms with van der Waals surface area (Å²) in [6, 6.07) is 4.60. The molecule has 2 aromatic rings. The van der Waals surface area contributed by atoms with Crippen molar-refractivity contribution in [3.63, 3.8) is 0 Å². The van der Waals surface area contributed by atoms with E-state index in [0.717, 1.165) is 25.0 Å². The first kappa shape index (κ1) is 16.7. The van der Waals surface area contributed by atoms with E-state index in [1.807, 2.05) is 0 Å². The molecule has 1 amide bonds. The predicted octanol–water partition coefficient (Wildman–Crippen LogP) is 2.54. The summed E-state index contributed by atoms with van der Waals surface area (Å²) < 4.78 is 30.7. The van der Waals surface area contributed by atoms with Crippen molar-refractivity contribution < 1.29 is 23.2 Å². The third-order valence-electron chi connectivity index (χ3n) is 5.51. The number of carbonyl (C=O) groups excluding carboxylic acids is 1. The Balaban J connectivity index is 1.22. The molecule has 2 saturated heterocycles. The van der Waals surface area contributed by atoms with Gasteiger partial charge in [0, 0.05) is 31.1 Å². The molecule has 1 saturated carbocycles. The molecule has 1 aliphatic carbocycles. The van der Waals surface area contributed by atoms with E-state index in [-0.39, 0.29) is 17.9 Å². The summed E-state index contributed by atoms with van der Waals surface area (Å²) in [6.07, 6.45) is 4.73. The number of aromatic nitrogens is 2. The summed E-state index contributed by atoms with van der Waals surface area (Å²) in [7, 11) is 0. The van der Waals surface area contributed by atoms with Gasteiger partial charge in [0.2, 0.25) is 0 Å². The highest BCUT2D eigenvalue weighted by Gasteiger charge is 2.48. The largest absolute Gasteiger partial charge is 0.470 e. The molecule has 3 aliphatic rings. The average molecular weight is 373 g/mol. The Morgan fingerprint density at radius 2 is 2.30 bits per heavy atom. The fourth-order valence-corrected chi connectivity index (χ4v) is 3.91. The molecule has 4 heterocycles. The summed E-state index contributed by atoms with van der Waals surface area (Å²) in [6.45, 7) is 1.42. The third-order valence-corrected chi connectivity index (χ3v) is 5.51. The Morgan fingerprint density at radius 3 is 3.11 bits per heavy atom. The second-order valence-electron chi connectivity index (χ2n) is 7.59. The highest BCUT2D eigenvalue weighted by Crippen LogP contribution is 2.41. The smallest absolute Gasteiger partial charge is 0.276 e. The van der Waals surface area contributed by atoms with Gasteiger partial charge >= 0.3 is 0 Å². The molecule has 0 aromatic carbocycles. The van der Waals surface area contributed by atoms with Gasteiger partial charge in [0.15, 0.2) is 11.5 Å². The van der Waals surface area contributed by atoms with Crippen LogP contribution in [0.5, 0.6) is 5.88 Å². The minimum atomic E-state index is -0.487. The van der Waals surface area contributed by atoms with Crippen molar-refractivity contribution in [1.82, 2.24) is 15.0 Å². The summed E-state index contributed by atoms with van der Waals surface area (Å²) in [5, 5.41) is 3.94. The molecule has 0 unspecified atom stereocenters. The zero-order valence-corrected chi connectivity index (χ0v) is 14.8. The summed E-state index contributed by atoms with van der Waals surface area (Å²) >= 11 is 0. The zero-order valence-electron chi connectivity index (χ0n) is 14.8. The molecule has 0 radical (unpaired) electrons. The maximum atomic E-state index is 13.7. The van der Waals surface area contributed by atoms with Crippen LogP contribution in [0, 0.1) is 5.82 Å². The van der Waals surface area contributed by atoms with Crippen molar-refractivity contribution >= 4 is 5.91 Å². The standard InChI is InChI=1S/C19H20FN3O4/c20-14-2-1-6-21-17(14)26-13-9-19(25-10-13)5-7-23(11-19)18(24)15-8-16(27-22-15)12-3-4-12/h1-2,6,8,12-13H,3-5,7,9-11H2/t13-,19+/m1/s1. The molecule has 7 nitrogen and oxygen atoms in total. The van der Waals surface area contributed by atoms with Gasteiger partial charge in [0.1, 0.15) is 11.9 Å². The minimum Gasteiger partial charge on any atom is -0.470 e. The van der Waals surface area contributed by atoms with E-state index in [4.69, 9.17) is 14.0 Å². The van der Waals surface area contributed by atoms with Crippen LogP contribution >= 0.6 is 0 Å². The van der Waals surface area contributed by atoms with Crippen molar-refractivity contribution in [3.05, 3.63) is 41.7 Å². The van der Waals surface area contributed by atoms with E-state index in [2.05, 4.69) is 10.1 Å². The number of pyridine rings is 1. The molecule has 27 heavy (non-hydrogen) atoms. The van der Waals surface area contributed by atoms with Gasteiger partial charge < -0.3 is 18.9 Å². The van der Waals surface area contributed by atoms with Crippen molar-refractivity contribution in [1.29, 1.82) is 0 Å². The van der Waals surface area contributed by atoms with Crippen LogP contribution in [0.4, 0.5) is 4.39 Å². The molecule has 2 atom stereocenters. The molecule has 0 N–H and O–H groups in total. The van der Waals surface area contributed by atoms with Crippen molar-refractivity contribution in [3.8, 4) is 5.88 Å². The first-order valence-corrected chi connectivity index (χ1v) is 9.29. The number of ether oxygens (including phenoxy) is 2. The SMILES string of the molecule is O=C(c1cc(C2CC2)on1)N1CC[C@]2(C[C@@H](Oc3ncccc3F)CO2)C1. The fraction of sp³-hybridized carbons (Fsp3) is 0.526. The number of nitrogens with zero attached hydrogens (tertiary/aromatic N) is 3. The lowest BCUT2D eigenvalue weighted by molar-refractivity contribution is 0.00966. The van der Waals surface area contributed by atoms with E-state index in [0.29, 0.717) is 37.7 Å². The Hall–Kier alpha value is -2.48. The van der Waals surface area contributed by atoms with Gasteiger partial charge in [0.25, 0.3) is 11.8 Å². The lowest BCUT2D eigenvalue weighted by Crippen LogP contribution is -2.36. The van der Waals surface area contributed by atoms with Crippen molar-refractivity contribution in [2.75, 3.05) is 19.7 Å². The zero-order chi connectivity index (χ0) is 18.4. The summed E-state index contributed by atoms with van der Waals surface area (Å²) in [4.78, 5) is 18.4. The predicted molar refractivity (Wildman–Crippen MR) is 90.9 cm³/mol. The lowest BCUT2D eigenvalue weighted by atomic mass is 9.98. The number of rotatable bonds is 4. The topological polar surface area (TPSA) is 77.7 Å². The monoisotopic (exact) mass is 373 g/mol. The van der Waals surface area contributed by atoms with Crippen LogP contribution in [0.2, 0.25) is 0 Å². The maximum Gasteiger partial charge on any atom is 0.276 e. The first-order chi connectivity index (χ1) is 13.1. The minimum absolute atomic E-state index is 0.00992. The number of amides is 1. The van der Waals surface area contributed by atoms with Gasteiger partial charge in [-0.1, -0.05) is 5.16 Å². The van der Waals surface area contributed by atoms with Crippen LogP contribution in [0.1, 0.15) is 47.8 Å². The molecular weight excluding hydrogens is 353 g/mol. The van der Waals surface area contributed by atoms with Crippen LogP contribution in [0.25, 0.3) is 0 Å². The number of halogens is 1. The Bertz CT molecular complexity index is 868. The van der Waals surface area contributed by atoms with E-state index in [9.17, 15) is 9.18 Å². The fourth-order valence-electron chi connectivity index (χ4n) is 3.91. The second-order valence-corrected chi connectivity index (χ2v) is 7.59. The van der Waals surface area contributed by atoms with Gasteiger partial charge in [-0.3, -0.25) is 4.79 Å². The molecule has 0 bridgehead atoms. The number of hydrogen-bond donors (Lipinski definition) is 0. The molecule has 2 aliphatic heterocycles. The molecule has 5 rings (SSSR count). The van der Waals surface area contributed by atoms with E-state index < -0.39 is 11.4 Å². The second kappa shape index (κ2) is 6.30. The van der Waals surface area contributed by atoms with Gasteiger partial charge in [-0.15, -0.1) is 0 Å². The van der Waals surface area contributed by atoms with Crippen LogP contribution < -0.4 is 4.74 Å². The first-order valence-electron chi connectivity index (χ1n) is 9.29. The molecule has 8 heteroatoms. The quantitative estimate of drug-likeness (QED) is 0.820. The molecule has 1 spiro atoms. The van der Waals surface area contributed by atoms with Crippen LogP contribution in [0.3, 0.4) is 0 Å². The van der Waals surface area contributed by atoms with E-state index >= 15 is 0 Å². The van der Waals surface area contributed by atoms with Gasteiger partial charge in [-0.05, 0) is 31.4 Å². The normalized spacial score (nSPS) is 27.4. The van der Waals surface area contributed by atoms with Gasteiger partial charge in [-0.25, -0.2) is 9.37 Å². The highest BCUT2D eigenvalue weighted by atomic mass is 19.1. The molecule has 142 valence electrons. The number of hydrogen-bond acceptors (Lipinski definition) is 6. The Morgan fingerprint density at radius 1 is 1.41 bits per heavy atom. The van der Waals surface area contributed by atoms with E-state index in [1.54, 1.807) is 11.0 Å². The average Bonchev–Trinajstić information content (AvgIpc) is 3.10. The summed E-state index contributed by atoms with van der Waals surface area (Å²) in [5.74, 6) is 0.594. The Kier molecular flexibility index (Phi) is 3.89. The lowest BCUT2D eigenvalue weighted by Gasteiger charge is -2.22. The molecular formula is C19H20FN3O4. The van der Waals surface area contributed by atoms with Crippen molar-refractivity contribution in [2.45, 2.75) is 43.3 Å². The highest BCUT2D eigenvalue weighted by molar-refractivity contribution is 5.92. The van der Waals surface area contributed by atoms with Gasteiger partial charge in [0.05, 0.1) is 18.8 Å². The van der Waals surface area contributed by atoms with Crippen LogP contribution in [-0.4, -0.2) is 52.3 Å². The number of likely N-dealkylation sites (tertiary alicyclic amines) is 1. The van der Waals surface area contributed by atoms with Crippen LogP contribution in [-0.2, 0) is 4.74 Å².